The molecule has 1 amide bonds. The van der Waals surface area contributed by atoms with E-state index in [-0.39, 0.29) is 11.7 Å². The molecule has 0 heterocycles. The van der Waals surface area contributed by atoms with Crippen LogP contribution < -0.4 is 10.6 Å². The molecule has 0 aliphatic heterocycles. The van der Waals surface area contributed by atoms with Crippen LogP contribution in [0.15, 0.2) is 42.5 Å². The average molecular weight is 331 g/mol. The summed E-state index contributed by atoms with van der Waals surface area (Å²) in [6.07, 6.45) is 0.333. The number of carbonyl (C=O) groups excluding carboxylic acids is 2. The minimum Gasteiger partial charge on any atom is -0.385 e. The van der Waals surface area contributed by atoms with Gasteiger partial charge in [-0.25, -0.2) is 0 Å². The maximum absolute atomic E-state index is 11.9. The van der Waals surface area contributed by atoms with E-state index in [1.165, 1.54) is 6.92 Å². The summed E-state index contributed by atoms with van der Waals surface area (Å²) in [4.78, 5) is 23.1. The van der Waals surface area contributed by atoms with Crippen molar-refractivity contribution in [1.82, 2.24) is 0 Å². The van der Waals surface area contributed by atoms with Crippen molar-refractivity contribution in [2.45, 2.75) is 20.3 Å². The molecule has 120 valence electrons. The Hall–Kier alpha value is -2.33. The second-order valence-electron chi connectivity index (χ2n) is 5.32. The van der Waals surface area contributed by atoms with Gasteiger partial charge in [-0.1, -0.05) is 17.7 Å². The van der Waals surface area contributed by atoms with Crippen LogP contribution in [-0.4, -0.2) is 18.2 Å². The van der Waals surface area contributed by atoms with Gasteiger partial charge in [-0.2, -0.15) is 0 Å². The highest BCUT2D eigenvalue weighted by molar-refractivity contribution is 6.31. The maximum atomic E-state index is 11.9. The third kappa shape index (κ3) is 5.11. The first kappa shape index (κ1) is 17.0. The average Bonchev–Trinajstić information content (AvgIpc) is 2.51. The summed E-state index contributed by atoms with van der Waals surface area (Å²) in [5, 5.41) is 6.59. The number of halogens is 1. The number of hydrogen-bond donors (Lipinski definition) is 2. The fraction of sp³-hybridized carbons (Fsp3) is 0.222. The number of Topliss-reactive ketones (excluding diaryl/α,β-unsaturated/α-hetero) is 1. The van der Waals surface area contributed by atoms with E-state index in [9.17, 15) is 9.59 Å². The number of amides is 1. The van der Waals surface area contributed by atoms with Crippen LogP contribution in [0.25, 0.3) is 0 Å². The quantitative estimate of drug-likeness (QED) is 0.777. The first-order valence-corrected chi connectivity index (χ1v) is 7.74. The van der Waals surface area contributed by atoms with Crippen LogP contribution in [0.3, 0.4) is 0 Å². The fourth-order valence-corrected chi connectivity index (χ4v) is 2.22. The Morgan fingerprint density at radius 1 is 1.04 bits per heavy atom. The smallest absolute Gasteiger partial charge is 0.226 e. The van der Waals surface area contributed by atoms with Gasteiger partial charge >= 0.3 is 0 Å². The largest absolute Gasteiger partial charge is 0.385 e. The van der Waals surface area contributed by atoms with Gasteiger partial charge in [0.1, 0.15) is 0 Å². The molecule has 0 bridgehead atoms. The van der Waals surface area contributed by atoms with E-state index in [4.69, 9.17) is 11.6 Å². The minimum atomic E-state index is -0.0854. The van der Waals surface area contributed by atoms with Gasteiger partial charge in [0.05, 0.1) is 0 Å². The molecule has 5 heteroatoms. The van der Waals surface area contributed by atoms with Crippen molar-refractivity contribution in [2.24, 2.45) is 0 Å². The molecule has 2 aromatic carbocycles. The van der Waals surface area contributed by atoms with Crippen LogP contribution >= 0.6 is 11.6 Å². The Bertz CT molecular complexity index is 711. The molecule has 2 rings (SSSR count). The Morgan fingerprint density at radius 3 is 2.30 bits per heavy atom. The summed E-state index contributed by atoms with van der Waals surface area (Å²) < 4.78 is 0. The van der Waals surface area contributed by atoms with Crippen molar-refractivity contribution in [2.75, 3.05) is 17.2 Å². The lowest BCUT2D eigenvalue weighted by Crippen LogP contribution is -2.16. The third-order valence-corrected chi connectivity index (χ3v) is 3.84. The van der Waals surface area contributed by atoms with Crippen molar-refractivity contribution < 1.29 is 9.59 Å². The number of benzene rings is 2. The molecule has 0 radical (unpaired) electrons. The van der Waals surface area contributed by atoms with Gasteiger partial charge in [-0.3, -0.25) is 9.59 Å². The van der Waals surface area contributed by atoms with Gasteiger partial charge in [0.25, 0.3) is 0 Å². The molecule has 0 atom stereocenters. The molecule has 0 aliphatic carbocycles. The van der Waals surface area contributed by atoms with Gasteiger partial charge in [0.2, 0.25) is 5.91 Å². The summed E-state index contributed by atoms with van der Waals surface area (Å²) in [5.41, 5.74) is 3.21. The summed E-state index contributed by atoms with van der Waals surface area (Å²) in [6.45, 7) is 3.95. The molecule has 0 saturated heterocycles. The zero-order valence-corrected chi connectivity index (χ0v) is 13.9. The molecule has 0 aliphatic rings. The molecule has 0 saturated carbocycles. The first-order chi connectivity index (χ1) is 11.0. The summed E-state index contributed by atoms with van der Waals surface area (Å²) in [6, 6.07) is 12.6. The Morgan fingerprint density at radius 2 is 1.70 bits per heavy atom. The van der Waals surface area contributed by atoms with Crippen LogP contribution in [-0.2, 0) is 4.79 Å². The molecule has 0 spiro atoms. The van der Waals surface area contributed by atoms with E-state index in [1.54, 1.807) is 18.2 Å². The maximum Gasteiger partial charge on any atom is 0.226 e. The van der Waals surface area contributed by atoms with Crippen molar-refractivity contribution in [3.05, 3.63) is 58.6 Å². The lowest BCUT2D eigenvalue weighted by atomic mass is 10.1. The van der Waals surface area contributed by atoms with Gasteiger partial charge in [-0.15, -0.1) is 0 Å². The highest BCUT2D eigenvalue weighted by Gasteiger charge is 2.04. The van der Waals surface area contributed by atoms with E-state index in [2.05, 4.69) is 10.6 Å². The minimum absolute atomic E-state index is 0.0349. The van der Waals surface area contributed by atoms with Crippen LogP contribution in [0.5, 0.6) is 0 Å². The van der Waals surface area contributed by atoms with Gasteiger partial charge in [0, 0.05) is 34.9 Å². The third-order valence-electron chi connectivity index (χ3n) is 3.43. The van der Waals surface area contributed by atoms with Crippen molar-refractivity contribution in [1.29, 1.82) is 0 Å². The monoisotopic (exact) mass is 330 g/mol. The molecule has 2 N–H and O–H groups in total. The highest BCUT2D eigenvalue weighted by atomic mass is 35.5. The number of ketones is 1. The predicted molar refractivity (Wildman–Crippen MR) is 94.4 cm³/mol. The second-order valence-corrected chi connectivity index (χ2v) is 5.73. The van der Waals surface area contributed by atoms with Crippen LogP contribution in [0, 0.1) is 6.92 Å². The summed E-state index contributed by atoms with van der Waals surface area (Å²) >= 11 is 6.03. The fourth-order valence-electron chi connectivity index (χ4n) is 2.04. The summed E-state index contributed by atoms with van der Waals surface area (Å²) in [5.74, 6) is -0.0505. The highest BCUT2D eigenvalue weighted by Crippen LogP contribution is 2.20. The first-order valence-electron chi connectivity index (χ1n) is 7.36. The SMILES string of the molecule is CC(=O)c1ccc(NCCC(=O)Nc2ccc(C)c(Cl)c2)cc1. The van der Waals surface area contributed by atoms with E-state index in [0.29, 0.717) is 29.2 Å². The lowest BCUT2D eigenvalue weighted by molar-refractivity contribution is -0.115. The molecule has 0 unspecified atom stereocenters. The van der Waals surface area contributed by atoms with Crippen LogP contribution in [0.1, 0.15) is 29.3 Å². The van der Waals surface area contributed by atoms with E-state index in [0.717, 1.165) is 11.3 Å². The topological polar surface area (TPSA) is 58.2 Å². The Balaban J connectivity index is 1.80. The zero-order valence-electron chi connectivity index (χ0n) is 13.2. The number of rotatable bonds is 6. The van der Waals surface area contributed by atoms with Gasteiger partial charge in [0.15, 0.2) is 5.78 Å². The second kappa shape index (κ2) is 7.79. The standard InChI is InChI=1S/C18H19ClN2O2/c1-12-3-6-16(11-17(12)19)21-18(23)9-10-20-15-7-4-14(5-8-15)13(2)22/h3-8,11,20H,9-10H2,1-2H3,(H,21,23). The number of carbonyl (C=O) groups is 2. The number of nitrogens with one attached hydrogen (secondary N) is 2. The van der Waals surface area contributed by atoms with E-state index in [1.807, 2.05) is 31.2 Å². The molecular formula is C18H19ClN2O2. The molecule has 4 nitrogen and oxygen atoms in total. The molecule has 0 aromatic heterocycles. The summed E-state index contributed by atoms with van der Waals surface area (Å²) in [7, 11) is 0. The van der Waals surface area contributed by atoms with Crippen LogP contribution in [0.2, 0.25) is 5.02 Å². The number of aryl methyl sites for hydroxylation is 1. The molecule has 0 fully saturated rings. The van der Waals surface area contributed by atoms with Crippen molar-refractivity contribution >= 4 is 34.7 Å². The lowest BCUT2D eigenvalue weighted by Gasteiger charge is -2.09. The van der Waals surface area contributed by atoms with Crippen molar-refractivity contribution in [3.8, 4) is 0 Å². The predicted octanol–water partition coefficient (Wildman–Crippen LogP) is 4.29. The van der Waals surface area contributed by atoms with Crippen LogP contribution in [0.4, 0.5) is 11.4 Å². The molecule has 2 aromatic rings. The Kier molecular flexibility index (Phi) is 5.77. The van der Waals surface area contributed by atoms with E-state index >= 15 is 0 Å². The molecule has 23 heavy (non-hydrogen) atoms. The normalized spacial score (nSPS) is 10.2. The molecular weight excluding hydrogens is 312 g/mol. The van der Waals surface area contributed by atoms with Gasteiger partial charge in [-0.05, 0) is 55.8 Å². The van der Waals surface area contributed by atoms with Crippen molar-refractivity contribution in [3.63, 3.8) is 0 Å². The zero-order chi connectivity index (χ0) is 16.8. The number of hydrogen-bond acceptors (Lipinski definition) is 3. The van der Waals surface area contributed by atoms with E-state index < -0.39 is 0 Å². The van der Waals surface area contributed by atoms with Gasteiger partial charge < -0.3 is 10.6 Å². The number of anilines is 2. The Labute approximate surface area is 140 Å².